The van der Waals surface area contributed by atoms with Gasteiger partial charge >= 0.3 is 0 Å². The molecule has 0 fully saturated rings. The van der Waals surface area contributed by atoms with Gasteiger partial charge in [0.25, 0.3) is 5.56 Å². The van der Waals surface area contributed by atoms with E-state index in [1.54, 1.807) is 12.3 Å². The maximum absolute atomic E-state index is 12.3. The molecule has 0 radical (unpaired) electrons. The van der Waals surface area contributed by atoms with E-state index in [4.69, 9.17) is 0 Å². The van der Waals surface area contributed by atoms with Crippen LogP contribution >= 0.6 is 23.1 Å². The Kier molecular flexibility index (Phi) is 5.08. The summed E-state index contributed by atoms with van der Waals surface area (Å²) >= 11 is 2.92. The zero-order valence-electron chi connectivity index (χ0n) is 14.2. The van der Waals surface area contributed by atoms with Crippen LogP contribution in [0, 0.1) is 0 Å². The van der Waals surface area contributed by atoms with Gasteiger partial charge in [0, 0.05) is 23.4 Å². The third kappa shape index (κ3) is 3.68. The number of thioether (sulfide) groups is 1. The van der Waals surface area contributed by atoms with Gasteiger partial charge in [0.2, 0.25) is 5.91 Å². The van der Waals surface area contributed by atoms with Gasteiger partial charge in [-0.05, 0) is 30.4 Å². The monoisotopic (exact) mass is 385 g/mol. The first-order chi connectivity index (χ1) is 12.7. The zero-order valence-corrected chi connectivity index (χ0v) is 15.8. The van der Waals surface area contributed by atoms with Gasteiger partial charge in [-0.1, -0.05) is 24.3 Å². The van der Waals surface area contributed by atoms with E-state index in [2.05, 4.69) is 28.5 Å². The van der Waals surface area contributed by atoms with E-state index < -0.39 is 0 Å². The molecule has 1 aliphatic rings. The van der Waals surface area contributed by atoms with Crippen LogP contribution in [-0.2, 0) is 17.0 Å². The van der Waals surface area contributed by atoms with Crippen molar-refractivity contribution in [2.75, 3.05) is 5.75 Å². The molecule has 0 aliphatic heterocycles. The number of amides is 1. The topological polar surface area (TPSA) is 63.5 Å². The molecule has 4 rings (SSSR count). The van der Waals surface area contributed by atoms with E-state index in [1.807, 2.05) is 11.4 Å². The second-order valence-electron chi connectivity index (χ2n) is 6.35. The van der Waals surface area contributed by atoms with Crippen LogP contribution in [0.1, 0.15) is 35.7 Å². The fourth-order valence-corrected chi connectivity index (χ4v) is 4.82. The number of aromatic nitrogens is 2. The highest BCUT2D eigenvalue weighted by Gasteiger charge is 2.21. The van der Waals surface area contributed by atoms with E-state index >= 15 is 0 Å². The normalized spacial score (nSPS) is 16.4. The minimum atomic E-state index is -0.0740. The molecular weight excluding hydrogens is 366 g/mol. The molecule has 1 aromatic carbocycles. The number of hydrogen-bond acceptors (Lipinski definition) is 5. The molecule has 1 amide bonds. The van der Waals surface area contributed by atoms with E-state index in [0.717, 1.165) is 25.0 Å². The zero-order chi connectivity index (χ0) is 17.9. The Morgan fingerprint density at radius 3 is 3.19 bits per heavy atom. The lowest BCUT2D eigenvalue weighted by molar-refractivity contribution is -0.119. The van der Waals surface area contributed by atoms with Crippen molar-refractivity contribution in [2.24, 2.45) is 0 Å². The minimum absolute atomic E-state index is 0.0330. The first kappa shape index (κ1) is 17.3. The molecule has 1 atom stereocenters. The van der Waals surface area contributed by atoms with Crippen molar-refractivity contribution < 1.29 is 4.79 Å². The number of benzene rings is 1. The Bertz CT molecular complexity index is 996. The first-order valence-electron chi connectivity index (χ1n) is 8.61. The summed E-state index contributed by atoms with van der Waals surface area (Å²) in [6, 6.07) is 10.00. The quantitative estimate of drug-likeness (QED) is 0.733. The molecule has 0 bridgehead atoms. The van der Waals surface area contributed by atoms with Crippen LogP contribution in [0.3, 0.4) is 0 Å². The smallest absolute Gasteiger partial charge is 0.258 e. The van der Waals surface area contributed by atoms with Gasteiger partial charge in [0.1, 0.15) is 0 Å². The van der Waals surface area contributed by atoms with Crippen molar-refractivity contribution in [3.05, 3.63) is 69.1 Å². The molecule has 134 valence electrons. The summed E-state index contributed by atoms with van der Waals surface area (Å²) in [6.45, 7) is 0. The van der Waals surface area contributed by atoms with Crippen molar-refractivity contribution in [1.82, 2.24) is 14.7 Å². The number of rotatable bonds is 5. The van der Waals surface area contributed by atoms with Crippen LogP contribution < -0.4 is 10.9 Å². The van der Waals surface area contributed by atoms with Gasteiger partial charge in [-0.3, -0.25) is 14.0 Å². The van der Waals surface area contributed by atoms with Gasteiger partial charge in [0.05, 0.1) is 17.5 Å². The number of fused-ring (bicyclic) bond motifs is 2. The number of aryl methyl sites for hydroxylation is 1. The lowest BCUT2D eigenvalue weighted by atomic mass is 9.88. The maximum Gasteiger partial charge on any atom is 0.258 e. The summed E-state index contributed by atoms with van der Waals surface area (Å²) in [4.78, 5) is 29.5. The highest BCUT2D eigenvalue weighted by molar-refractivity contribution is 7.99. The van der Waals surface area contributed by atoms with Crippen molar-refractivity contribution in [2.45, 2.75) is 31.1 Å². The van der Waals surface area contributed by atoms with E-state index in [-0.39, 0.29) is 17.5 Å². The summed E-state index contributed by atoms with van der Waals surface area (Å²) in [7, 11) is 0. The molecule has 3 aromatic rings. The predicted molar refractivity (Wildman–Crippen MR) is 106 cm³/mol. The molecule has 2 heterocycles. The number of hydrogen-bond donors (Lipinski definition) is 1. The van der Waals surface area contributed by atoms with Crippen molar-refractivity contribution in [3.8, 4) is 0 Å². The SMILES string of the molecule is O=C(CSCc1cc(=O)n2ccsc2n1)N[C@H]1CCCc2ccccc21. The average molecular weight is 386 g/mol. The summed E-state index contributed by atoms with van der Waals surface area (Å²) in [5.41, 5.74) is 3.23. The van der Waals surface area contributed by atoms with Crippen LogP contribution in [0.4, 0.5) is 0 Å². The maximum atomic E-state index is 12.3. The van der Waals surface area contributed by atoms with Crippen LogP contribution in [0.5, 0.6) is 0 Å². The van der Waals surface area contributed by atoms with Crippen molar-refractivity contribution in [3.63, 3.8) is 0 Å². The van der Waals surface area contributed by atoms with E-state index in [1.165, 1.54) is 38.6 Å². The van der Waals surface area contributed by atoms with E-state index in [9.17, 15) is 9.59 Å². The number of nitrogens with one attached hydrogen (secondary N) is 1. The molecule has 0 saturated carbocycles. The highest BCUT2D eigenvalue weighted by atomic mass is 32.2. The molecule has 26 heavy (non-hydrogen) atoms. The molecule has 0 saturated heterocycles. The molecule has 2 aromatic heterocycles. The Morgan fingerprint density at radius 2 is 2.27 bits per heavy atom. The Hall–Kier alpha value is -2.12. The van der Waals surface area contributed by atoms with Gasteiger partial charge in [-0.2, -0.15) is 0 Å². The van der Waals surface area contributed by atoms with Gasteiger partial charge < -0.3 is 5.32 Å². The lowest BCUT2D eigenvalue weighted by Gasteiger charge is -2.26. The number of thiazole rings is 1. The van der Waals surface area contributed by atoms with Gasteiger partial charge in [-0.25, -0.2) is 4.98 Å². The summed E-state index contributed by atoms with van der Waals surface area (Å²) < 4.78 is 1.53. The van der Waals surface area contributed by atoms with Gasteiger partial charge in [-0.15, -0.1) is 23.1 Å². The van der Waals surface area contributed by atoms with Crippen molar-refractivity contribution in [1.29, 1.82) is 0 Å². The van der Waals surface area contributed by atoms with Crippen LogP contribution in [0.15, 0.2) is 46.7 Å². The summed E-state index contributed by atoms with van der Waals surface area (Å²) in [5.74, 6) is 0.952. The Balaban J connectivity index is 1.34. The van der Waals surface area contributed by atoms with Crippen molar-refractivity contribution >= 4 is 34.0 Å². The fourth-order valence-electron chi connectivity index (χ4n) is 3.35. The third-order valence-corrected chi connectivity index (χ3v) is 6.27. The Labute approximate surface area is 159 Å². The molecule has 1 aliphatic carbocycles. The number of nitrogens with zero attached hydrogens (tertiary/aromatic N) is 2. The lowest BCUT2D eigenvalue weighted by Crippen LogP contribution is -2.32. The van der Waals surface area contributed by atoms with Crippen LogP contribution in [0.2, 0.25) is 0 Å². The number of carbonyl (C=O) groups excluding carboxylic acids is 1. The molecule has 1 N–H and O–H groups in total. The largest absolute Gasteiger partial charge is 0.349 e. The molecule has 5 nitrogen and oxygen atoms in total. The first-order valence-corrected chi connectivity index (χ1v) is 10.6. The fraction of sp³-hybridized carbons (Fsp3) is 0.316. The standard InChI is InChI=1S/C19H19N3O2S2/c23-17(21-16-7-3-5-13-4-1-2-6-15(13)16)12-25-11-14-10-18(24)22-8-9-26-19(22)20-14/h1-2,4,6,8-10,16H,3,5,7,11-12H2,(H,21,23)/t16-/m0/s1. The summed E-state index contributed by atoms with van der Waals surface area (Å²) in [5, 5.41) is 5.00. The Morgan fingerprint density at radius 1 is 1.38 bits per heavy atom. The van der Waals surface area contributed by atoms with Gasteiger partial charge in [0.15, 0.2) is 4.96 Å². The van der Waals surface area contributed by atoms with E-state index in [0.29, 0.717) is 16.5 Å². The second-order valence-corrected chi connectivity index (χ2v) is 8.20. The molecule has 0 unspecified atom stereocenters. The third-order valence-electron chi connectivity index (χ3n) is 4.54. The summed E-state index contributed by atoms with van der Waals surface area (Å²) in [6.07, 6.45) is 4.90. The highest BCUT2D eigenvalue weighted by Crippen LogP contribution is 2.29. The number of carbonyl (C=O) groups is 1. The minimum Gasteiger partial charge on any atom is -0.349 e. The van der Waals surface area contributed by atoms with Crippen LogP contribution in [0.25, 0.3) is 4.96 Å². The predicted octanol–water partition coefficient (Wildman–Crippen LogP) is 3.18. The van der Waals surface area contributed by atoms with Crippen LogP contribution in [-0.4, -0.2) is 21.0 Å². The molecular formula is C19H19N3O2S2. The second kappa shape index (κ2) is 7.63. The molecule has 7 heteroatoms. The average Bonchev–Trinajstić information content (AvgIpc) is 3.11. The molecule has 0 spiro atoms.